The van der Waals surface area contributed by atoms with Gasteiger partial charge in [-0.05, 0) is 38.1 Å². The fourth-order valence-electron chi connectivity index (χ4n) is 3.08. The number of hydrogen-bond donors (Lipinski definition) is 0. The highest BCUT2D eigenvalue weighted by molar-refractivity contribution is 5.22. The molecule has 0 N–H and O–H groups in total. The maximum Gasteiger partial charge on any atom is 0.255 e. The first kappa shape index (κ1) is 6.12. The summed E-state index contributed by atoms with van der Waals surface area (Å²) in [7, 11) is 0. The first-order chi connectivity index (χ1) is 9.68. The van der Waals surface area contributed by atoms with E-state index >= 15 is 0 Å². The largest absolute Gasteiger partial charge is 0.297 e. The van der Waals surface area contributed by atoms with Crippen molar-refractivity contribution < 1.29 is 17.0 Å². The van der Waals surface area contributed by atoms with Crippen LogP contribution in [0.1, 0.15) is 54.1 Å². The van der Waals surface area contributed by atoms with Crippen molar-refractivity contribution in [1.82, 2.24) is 4.90 Å². The van der Waals surface area contributed by atoms with E-state index in [2.05, 4.69) is 0 Å². The summed E-state index contributed by atoms with van der Waals surface area (Å²) in [4.78, 5) is 0.827. The fraction of sp³-hybridized carbons (Fsp3) is 1.00. The predicted octanol–water partition coefficient (Wildman–Crippen LogP) is 3.30. The van der Waals surface area contributed by atoms with Gasteiger partial charge in [-0.15, -0.1) is 0 Å². The van der Waals surface area contributed by atoms with E-state index in [0.29, 0.717) is 0 Å². The molecule has 3 heteroatoms. The van der Waals surface area contributed by atoms with Crippen LogP contribution in [-0.4, -0.2) is 29.4 Å². The third-order valence-electron chi connectivity index (χ3n) is 3.81. The SMILES string of the molecule is [2H]C1([2H])CC[C@@]2(C([2H])([2H])C(C)C)C[C@@]3(CC3(F)F)C([2H])([2H])N12. The zero-order valence-corrected chi connectivity index (χ0v) is 9.61. The van der Waals surface area contributed by atoms with Crippen LogP contribution in [0.2, 0.25) is 0 Å². The molecule has 0 aromatic heterocycles. The molecule has 0 radical (unpaired) electrons. The van der Waals surface area contributed by atoms with Crippen molar-refractivity contribution in [1.29, 1.82) is 0 Å². The monoisotopic (exact) mass is 235 g/mol. The second kappa shape index (κ2) is 2.98. The molecule has 0 aromatic rings. The molecule has 0 bridgehead atoms. The first-order valence-electron chi connectivity index (χ1n) is 8.86. The van der Waals surface area contributed by atoms with Gasteiger partial charge in [-0.25, -0.2) is 8.78 Å². The van der Waals surface area contributed by atoms with E-state index in [9.17, 15) is 8.78 Å². The van der Waals surface area contributed by atoms with Crippen LogP contribution in [0.4, 0.5) is 8.78 Å². The van der Waals surface area contributed by atoms with Crippen molar-refractivity contribution >= 4 is 0 Å². The lowest BCUT2D eigenvalue weighted by molar-refractivity contribution is 0.0654. The van der Waals surface area contributed by atoms with E-state index < -0.39 is 48.6 Å². The van der Waals surface area contributed by atoms with E-state index in [1.54, 1.807) is 13.8 Å². The molecule has 3 rings (SSSR count). The third kappa shape index (κ3) is 1.30. The summed E-state index contributed by atoms with van der Waals surface area (Å²) in [6.45, 7) is -1.41. The molecule has 0 unspecified atom stereocenters. The van der Waals surface area contributed by atoms with Gasteiger partial charge in [0.05, 0.1) is 5.41 Å². The van der Waals surface area contributed by atoms with Crippen molar-refractivity contribution in [2.45, 2.75) is 57.4 Å². The van der Waals surface area contributed by atoms with Crippen molar-refractivity contribution in [3.63, 3.8) is 0 Å². The Labute approximate surface area is 105 Å². The lowest BCUT2D eigenvalue weighted by atomic mass is 9.82. The molecule has 0 amide bonds. The molecule has 1 nitrogen and oxygen atoms in total. The summed E-state index contributed by atoms with van der Waals surface area (Å²) in [6.07, 6.45) is -2.89. The molecule has 2 heterocycles. The minimum atomic E-state index is -3.20. The molecule has 3 fully saturated rings. The molecule has 16 heavy (non-hydrogen) atoms. The van der Waals surface area contributed by atoms with Crippen molar-refractivity contribution in [2.75, 3.05) is 13.0 Å². The van der Waals surface area contributed by atoms with Crippen LogP contribution in [0.15, 0.2) is 0 Å². The van der Waals surface area contributed by atoms with Crippen molar-refractivity contribution in [2.24, 2.45) is 11.3 Å². The third-order valence-corrected chi connectivity index (χ3v) is 3.81. The second-order valence-corrected chi connectivity index (χ2v) is 5.58. The molecule has 1 saturated carbocycles. The van der Waals surface area contributed by atoms with E-state index in [1.807, 2.05) is 0 Å². The van der Waals surface area contributed by atoms with E-state index in [4.69, 9.17) is 8.22 Å². The summed E-state index contributed by atoms with van der Waals surface area (Å²) in [6, 6.07) is 0. The van der Waals surface area contributed by atoms with Crippen molar-refractivity contribution in [3.8, 4) is 0 Å². The molecule has 3 aliphatic rings. The van der Waals surface area contributed by atoms with Crippen LogP contribution in [0.25, 0.3) is 0 Å². The van der Waals surface area contributed by atoms with Crippen LogP contribution in [0.3, 0.4) is 0 Å². The standard InChI is InChI=1S/C13H21F2N/c1-10(2)6-12-4-3-5-16(12)9-11(7-12)8-13(11,14)15/h10H,3-9H2,1-2H3/t11-,12-/m1/s1/i5D2,6D2,9D2. The average molecular weight is 235 g/mol. The van der Waals surface area contributed by atoms with Crippen LogP contribution in [0.5, 0.6) is 0 Å². The van der Waals surface area contributed by atoms with Crippen molar-refractivity contribution in [3.05, 3.63) is 0 Å². The van der Waals surface area contributed by atoms with Gasteiger partial charge in [-0.2, -0.15) is 0 Å². The summed E-state index contributed by atoms with van der Waals surface area (Å²) in [5, 5.41) is 0. The Morgan fingerprint density at radius 2 is 2.12 bits per heavy atom. The summed E-state index contributed by atoms with van der Waals surface area (Å²) in [5.74, 6) is -3.72. The number of hydrogen-bond acceptors (Lipinski definition) is 1. The maximum atomic E-state index is 14.0. The highest BCUT2D eigenvalue weighted by Crippen LogP contribution is 2.70. The molecule has 2 saturated heterocycles. The number of halogens is 2. The van der Waals surface area contributed by atoms with Gasteiger partial charge in [-0.1, -0.05) is 13.8 Å². The number of rotatable bonds is 2. The zero-order valence-electron chi connectivity index (χ0n) is 15.6. The Morgan fingerprint density at radius 1 is 1.44 bits per heavy atom. The minimum absolute atomic E-state index is 0.0413. The minimum Gasteiger partial charge on any atom is -0.297 e. The average Bonchev–Trinajstić information content (AvgIpc) is 2.65. The van der Waals surface area contributed by atoms with Crippen LogP contribution >= 0.6 is 0 Å². The Kier molecular flexibility index (Phi) is 1.14. The Bertz CT molecular complexity index is 523. The number of alkyl halides is 2. The van der Waals surface area contributed by atoms with Gasteiger partial charge < -0.3 is 0 Å². The number of fused-ring (bicyclic) bond motifs is 1. The normalized spacial score (nSPS) is 58.3. The highest BCUT2D eigenvalue weighted by Gasteiger charge is 2.76. The van der Waals surface area contributed by atoms with Gasteiger partial charge in [0.1, 0.15) is 0 Å². The molecule has 2 atom stereocenters. The maximum absolute atomic E-state index is 14.0. The Hall–Kier alpha value is -0.180. The summed E-state index contributed by atoms with van der Waals surface area (Å²) < 4.78 is 77.5. The lowest BCUT2D eigenvalue weighted by Gasteiger charge is -2.33. The molecule has 1 spiro atoms. The van der Waals surface area contributed by atoms with Gasteiger partial charge in [0, 0.05) is 26.7 Å². The van der Waals surface area contributed by atoms with Crippen LogP contribution < -0.4 is 0 Å². The van der Waals surface area contributed by atoms with Gasteiger partial charge >= 0.3 is 0 Å². The van der Waals surface area contributed by atoms with Gasteiger partial charge in [0.25, 0.3) is 5.92 Å². The van der Waals surface area contributed by atoms with Gasteiger partial charge in [0.15, 0.2) is 0 Å². The Morgan fingerprint density at radius 3 is 2.69 bits per heavy atom. The highest BCUT2D eigenvalue weighted by atomic mass is 19.3. The topological polar surface area (TPSA) is 3.24 Å². The summed E-state index contributed by atoms with van der Waals surface area (Å²) >= 11 is 0. The fourth-order valence-corrected chi connectivity index (χ4v) is 3.08. The molecule has 0 aromatic carbocycles. The molecule has 2 aliphatic heterocycles. The van der Waals surface area contributed by atoms with Gasteiger partial charge in [0.2, 0.25) is 0 Å². The first-order valence-corrected chi connectivity index (χ1v) is 5.86. The molecular weight excluding hydrogens is 208 g/mol. The van der Waals surface area contributed by atoms with E-state index in [1.165, 1.54) is 0 Å². The van der Waals surface area contributed by atoms with E-state index in [-0.39, 0.29) is 19.3 Å². The molecular formula is C13H21F2N. The van der Waals surface area contributed by atoms with E-state index in [0.717, 1.165) is 4.90 Å². The van der Waals surface area contributed by atoms with Crippen LogP contribution in [0, 0.1) is 11.3 Å². The second-order valence-electron chi connectivity index (χ2n) is 5.58. The Balaban J connectivity index is 2.19. The zero-order chi connectivity index (χ0) is 17.0. The summed E-state index contributed by atoms with van der Waals surface area (Å²) in [5.41, 5.74) is -3.48. The predicted molar refractivity (Wildman–Crippen MR) is 59.6 cm³/mol. The van der Waals surface area contributed by atoms with Crippen LogP contribution in [-0.2, 0) is 0 Å². The quantitative estimate of drug-likeness (QED) is 0.710. The smallest absolute Gasteiger partial charge is 0.255 e. The number of nitrogens with zero attached hydrogens (tertiary/aromatic N) is 1. The molecule has 1 aliphatic carbocycles. The lowest BCUT2D eigenvalue weighted by Crippen LogP contribution is -2.39. The van der Waals surface area contributed by atoms with Gasteiger partial charge in [-0.3, -0.25) is 4.90 Å². The molecule has 92 valence electrons.